The molecule has 98 valence electrons. The Morgan fingerprint density at radius 1 is 1.35 bits per heavy atom. The van der Waals surface area contributed by atoms with Gasteiger partial charge in [0.15, 0.2) is 5.60 Å². The lowest BCUT2D eigenvalue weighted by Crippen LogP contribution is -2.38. The number of carbonyl (C=O) groups excluding carboxylic acids is 2. The van der Waals surface area contributed by atoms with Gasteiger partial charge in [-0.05, 0) is 47.7 Å². The van der Waals surface area contributed by atoms with Crippen LogP contribution in [0.2, 0.25) is 0 Å². The third-order valence-corrected chi connectivity index (χ3v) is 3.10. The van der Waals surface area contributed by atoms with Crippen LogP contribution in [-0.2, 0) is 9.53 Å². The number of imide groups is 1. The molecular weight excluding hydrogens is 220 g/mol. The number of cyclic esters (lactones) is 1. The summed E-state index contributed by atoms with van der Waals surface area (Å²) < 4.78 is 5.00. The summed E-state index contributed by atoms with van der Waals surface area (Å²) in [6.07, 6.45) is 0.248. The molecular formula is C12H22N2O3. The second-order valence-electron chi connectivity index (χ2n) is 5.26. The summed E-state index contributed by atoms with van der Waals surface area (Å²) in [6, 6.07) is 0.465. The van der Waals surface area contributed by atoms with Crippen LogP contribution in [0.25, 0.3) is 0 Å². The van der Waals surface area contributed by atoms with Crippen molar-refractivity contribution in [3.63, 3.8) is 0 Å². The lowest BCUT2D eigenvalue weighted by molar-refractivity contribution is -0.134. The molecule has 1 saturated heterocycles. The molecule has 0 atom stereocenters. The summed E-state index contributed by atoms with van der Waals surface area (Å²) in [5, 5.41) is 0. The van der Waals surface area contributed by atoms with Crippen LogP contribution >= 0.6 is 0 Å². The van der Waals surface area contributed by atoms with E-state index in [1.807, 2.05) is 7.05 Å². The van der Waals surface area contributed by atoms with Crippen molar-refractivity contribution in [1.82, 2.24) is 9.80 Å². The first-order valence-electron chi connectivity index (χ1n) is 6.01. The molecule has 1 rings (SSSR count). The van der Waals surface area contributed by atoms with Gasteiger partial charge < -0.3 is 9.64 Å². The highest BCUT2D eigenvalue weighted by Crippen LogP contribution is 2.23. The number of hydrogen-bond donors (Lipinski definition) is 0. The van der Waals surface area contributed by atoms with E-state index in [9.17, 15) is 9.59 Å². The highest BCUT2D eigenvalue weighted by atomic mass is 16.6. The molecule has 0 radical (unpaired) electrons. The van der Waals surface area contributed by atoms with Crippen molar-refractivity contribution in [3.05, 3.63) is 0 Å². The number of carbonyl (C=O) groups is 2. The Morgan fingerprint density at radius 2 is 1.94 bits per heavy atom. The summed E-state index contributed by atoms with van der Waals surface area (Å²) in [5.41, 5.74) is -0.999. The number of amides is 2. The molecule has 0 aromatic heterocycles. The molecule has 0 aliphatic carbocycles. The van der Waals surface area contributed by atoms with Gasteiger partial charge >= 0.3 is 6.09 Å². The van der Waals surface area contributed by atoms with Gasteiger partial charge in [-0.1, -0.05) is 0 Å². The molecule has 0 bridgehead atoms. The monoisotopic (exact) mass is 242 g/mol. The average Bonchev–Trinajstić information content (AvgIpc) is 2.39. The Hall–Kier alpha value is -1.10. The van der Waals surface area contributed by atoms with Gasteiger partial charge in [0.1, 0.15) is 0 Å². The van der Waals surface area contributed by atoms with Crippen molar-refractivity contribution in [2.75, 3.05) is 20.1 Å². The summed E-state index contributed by atoms with van der Waals surface area (Å²) in [4.78, 5) is 26.7. The van der Waals surface area contributed by atoms with E-state index in [0.29, 0.717) is 12.6 Å². The van der Waals surface area contributed by atoms with Crippen LogP contribution in [0.3, 0.4) is 0 Å². The van der Waals surface area contributed by atoms with Crippen LogP contribution in [0.1, 0.15) is 34.1 Å². The molecule has 1 aliphatic rings. The van der Waals surface area contributed by atoms with E-state index in [1.165, 1.54) is 4.90 Å². The highest BCUT2D eigenvalue weighted by Gasteiger charge is 2.46. The van der Waals surface area contributed by atoms with Crippen molar-refractivity contribution in [2.24, 2.45) is 0 Å². The second kappa shape index (κ2) is 5.04. The zero-order chi connectivity index (χ0) is 13.2. The normalized spacial score (nSPS) is 19.4. The molecule has 0 aromatic rings. The quantitative estimate of drug-likeness (QED) is 0.732. The Labute approximate surface area is 103 Å². The fourth-order valence-corrected chi connectivity index (χ4v) is 1.65. The fourth-order valence-electron chi connectivity index (χ4n) is 1.65. The topological polar surface area (TPSA) is 49.9 Å². The highest BCUT2D eigenvalue weighted by molar-refractivity contribution is 6.02. The van der Waals surface area contributed by atoms with E-state index < -0.39 is 11.7 Å². The first-order valence-corrected chi connectivity index (χ1v) is 6.01. The van der Waals surface area contributed by atoms with E-state index >= 15 is 0 Å². The Morgan fingerprint density at radius 3 is 2.35 bits per heavy atom. The third-order valence-electron chi connectivity index (χ3n) is 3.10. The minimum Gasteiger partial charge on any atom is -0.433 e. The molecule has 0 saturated carbocycles. The van der Waals surface area contributed by atoms with Crippen molar-refractivity contribution >= 4 is 12.0 Å². The van der Waals surface area contributed by atoms with E-state index in [2.05, 4.69) is 18.7 Å². The van der Waals surface area contributed by atoms with E-state index in [4.69, 9.17) is 4.74 Å². The van der Waals surface area contributed by atoms with Crippen LogP contribution in [-0.4, -0.2) is 53.6 Å². The van der Waals surface area contributed by atoms with Crippen LogP contribution < -0.4 is 0 Å². The molecule has 0 N–H and O–H groups in total. The van der Waals surface area contributed by atoms with Gasteiger partial charge in [-0.15, -0.1) is 0 Å². The molecule has 0 spiro atoms. The molecule has 5 heteroatoms. The minimum absolute atomic E-state index is 0.241. The predicted octanol–water partition coefficient (Wildman–Crippen LogP) is 1.47. The predicted molar refractivity (Wildman–Crippen MR) is 64.7 cm³/mol. The van der Waals surface area contributed by atoms with Crippen LogP contribution in [0.15, 0.2) is 0 Å². The summed E-state index contributed by atoms with van der Waals surface area (Å²) in [6.45, 7) is 8.74. The van der Waals surface area contributed by atoms with Gasteiger partial charge in [-0.2, -0.15) is 0 Å². The van der Waals surface area contributed by atoms with Crippen molar-refractivity contribution in [3.8, 4) is 0 Å². The zero-order valence-corrected chi connectivity index (χ0v) is 11.3. The zero-order valence-electron chi connectivity index (χ0n) is 11.3. The van der Waals surface area contributed by atoms with Crippen molar-refractivity contribution in [2.45, 2.75) is 45.8 Å². The number of nitrogens with zero attached hydrogens (tertiary/aromatic N) is 2. The molecule has 1 aliphatic heterocycles. The Kier molecular flexibility index (Phi) is 4.14. The lowest BCUT2D eigenvalue weighted by atomic mass is 10.1. The molecule has 2 amide bonds. The molecule has 1 heterocycles. The maximum absolute atomic E-state index is 11.8. The second-order valence-corrected chi connectivity index (χ2v) is 5.26. The van der Waals surface area contributed by atoms with Crippen LogP contribution in [0.5, 0.6) is 0 Å². The van der Waals surface area contributed by atoms with Crippen molar-refractivity contribution in [1.29, 1.82) is 0 Å². The van der Waals surface area contributed by atoms with Gasteiger partial charge in [0.05, 0.1) is 0 Å². The number of hydrogen-bond acceptors (Lipinski definition) is 4. The first kappa shape index (κ1) is 14.0. The fraction of sp³-hybridized carbons (Fsp3) is 0.833. The minimum atomic E-state index is -0.999. The number of rotatable bonds is 5. The Bertz CT molecular complexity index is 313. The van der Waals surface area contributed by atoms with E-state index in [1.54, 1.807) is 13.8 Å². The SMILES string of the molecule is CC(C)N(C)CCCN1C(=O)OC(C)(C)C1=O. The molecule has 5 nitrogen and oxygen atoms in total. The van der Waals surface area contributed by atoms with Gasteiger partial charge in [0, 0.05) is 12.6 Å². The van der Waals surface area contributed by atoms with Gasteiger partial charge in [0.2, 0.25) is 0 Å². The molecule has 17 heavy (non-hydrogen) atoms. The van der Waals surface area contributed by atoms with E-state index in [-0.39, 0.29) is 5.91 Å². The van der Waals surface area contributed by atoms with Gasteiger partial charge in [-0.25, -0.2) is 9.69 Å². The lowest BCUT2D eigenvalue weighted by Gasteiger charge is -2.21. The van der Waals surface area contributed by atoms with Crippen LogP contribution in [0, 0.1) is 0 Å². The summed E-state index contributed by atoms with van der Waals surface area (Å²) >= 11 is 0. The molecule has 0 aromatic carbocycles. The van der Waals surface area contributed by atoms with Crippen LogP contribution in [0.4, 0.5) is 4.79 Å². The standard InChI is InChI=1S/C12H22N2O3/c1-9(2)13(5)7-6-8-14-10(15)12(3,4)17-11(14)16/h9H,6-8H2,1-5H3. The van der Waals surface area contributed by atoms with Gasteiger partial charge in [-0.3, -0.25) is 4.79 Å². The van der Waals surface area contributed by atoms with E-state index in [0.717, 1.165) is 13.0 Å². The maximum atomic E-state index is 11.8. The first-order chi connectivity index (χ1) is 7.75. The maximum Gasteiger partial charge on any atom is 0.417 e. The largest absolute Gasteiger partial charge is 0.433 e. The molecule has 1 fully saturated rings. The van der Waals surface area contributed by atoms with Crippen molar-refractivity contribution < 1.29 is 14.3 Å². The van der Waals surface area contributed by atoms with Gasteiger partial charge in [0.25, 0.3) is 5.91 Å². The number of ether oxygens (including phenoxy) is 1. The Balaban J connectivity index is 2.43. The molecule has 0 unspecified atom stereocenters. The summed E-state index contributed by atoms with van der Waals surface area (Å²) in [7, 11) is 2.03. The summed E-state index contributed by atoms with van der Waals surface area (Å²) in [5.74, 6) is -0.241. The smallest absolute Gasteiger partial charge is 0.417 e. The average molecular weight is 242 g/mol. The third kappa shape index (κ3) is 3.19.